The lowest BCUT2D eigenvalue weighted by Crippen LogP contribution is -2.27. The summed E-state index contributed by atoms with van der Waals surface area (Å²) >= 11 is 0. The highest BCUT2D eigenvalue weighted by Crippen LogP contribution is 2.07. The normalized spacial score (nSPS) is 10.4. The summed E-state index contributed by atoms with van der Waals surface area (Å²) in [4.78, 5) is 36.3. The first-order valence-corrected chi connectivity index (χ1v) is 5.87. The fourth-order valence-corrected chi connectivity index (χ4v) is 1.82. The van der Waals surface area contributed by atoms with Gasteiger partial charge in [0.25, 0.3) is 0 Å². The number of aromatic nitrogens is 4. The summed E-state index contributed by atoms with van der Waals surface area (Å²) in [5.41, 5.74) is 1.60. The van der Waals surface area contributed by atoms with Gasteiger partial charge in [0.05, 0.1) is 13.0 Å². The summed E-state index contributed by atoms with van der Waals surface area (Å²) in [5.74, 6) is 0.554. The first-order valence-electron chi connectivity index (χ1n) is 5.87. The van der Waals surface area contributed by atoms with Gasteiger partial charge in [-0.15, -0.1) is 0 Å². The Hall–Kier alpha value is -2.44. The summed E-state index contributed by atoms with van der Waals surface area (Å²) in [5, 5.41) is 2.75. The van der Waals surface area contributed by atoms with E-state index < -0.39 is 5.69 Å². The minimum atomic E-state index is -0.394. The lowest BCUT2D eigenvalue weighted by Gasteiger charge is -2.08. The number of aromatic amines is 2. The van der Waals surface area contributed by atoms with Crippen LogP contribution in [0, 0.1) is 13.8 Å². The van der Waals surface area contributed by atoms with Gasteiger partial charge in [-0.05, 0) is 13.8 Å². The zero-order valence-corrected chi connectivity index (χ0v) is 10.8. The molecular formula is C12H15N5O2. The number of hydrogen-bond donors (Lipinski definition) is 3. The van der Waals surface area contributed by atoms with Gasteiger partial charge in [0, 0.05) is 29.3 Å². The summed E-state index contributed by atoms with van der Waals surface area (Å²) in [7, 11) is 0. The molecule has 0 spiro atoms. The van der Waals surface area contributed by atoms with Crippen LogP contribution >= 0.6 is 0 Å². The molecule has 0 aliphatic rings. The van der Waals surface area contributed by atoms with Crippen LogP contribution in [0.2, 0.25) is 0 Å². The van der Waals surface area contributed by atoms with Crippen molar-refractivity contribution in [3.05, 3.63) is 45.7 Å². The van der Waals surface area contributed by atoms with Crippen LogP contribution in [0.1, 0.15) is 22.8 Å². The van der Waals surface area contributed by atoms with Gasteiger partial charge in [0.2, 0.25) is 5.91 Å². The van der Waals surface area contributed by atoms with Gasteiger partial charge in [-0.3, -0.25) is 4.79 Å². The maximum Gasteiger partial charge on any atom is 0.345 e. The van der Waals surface area contributed by atoms with Gasteiger partial charge in [0.15, 0.2) is 0 Å². The Balaban J connectivity index is 2.01. The molecule has 19 heavy (non-hydrogen) atoms. The molecule has 2 aromatic heterocycles. The SMILES string of the molecule is Cc1nc(=O)[nH]c(C)c1CC(=O)NCc1ncc[nH]1. The number of hydrogen-bond acceptors (Lipinski definition) is 4. The number of imidazole rings is 1. The van der Waals surface area contributed by atoms with Crippen LogP contribution in [-0.2, 0) is 17.8 Å². The van der Waals surface area contributed by atoms with Gasteiger partial charge in [-0.25, -0.2) is 9.78 Å². The molecule has 7 heteroatoms. The first kappa shape index (κ1) is 13.0. The smallest absolute Gasteiger partial charge is 0.345 e. The van der Waals surface area contributed by atoms with E-state index in [-0.39, 0.29) is 12.3 Å². The van der Waals surface area contributed by atoms with Crippen molar-refractivity contribution in [2.24, 2.45) is 0 Å². The predicted octanol–water partition coefficient (Wildman–Crippen LogP) is -0.0313. The van der Waals surface area contributed by atoms with Crippen LogP contribution in [-0.4, -0.2) is 25.8 Å². The Bertz CT molecular complexity index is 604. The largest absolute Gasteiger partial charge is 0.349 e. The minimum absolute atomic E-state index is 0.142. The highest BCUT2D eigenvalue weighted by molar-refractivity contribution is 5.78. The summed E-state index contributed by atoms with van der Waals surface area (Å²) < 4.78 is 0. The predicted molar refractivity (Wildman–Crippen MR) is 68.5 cm³/mol. The second-order valence-electron chi connectivity index (χ2n) is 4.22. The highest BCUT2D eigenvalue weighted by atomic mass is 16.1. The Morgan fingerprint density at radius 3 is 2.84 bits per heavy atom. The van der Waals surface area contributed by atoms with E-state index in [1.54, 1.807) is 26.2 Å². The third-order valence-electron chi connectivity index (χ3n) is 2.80. The van der Waals surface area contributed by atoms with Crippen molar-refractivity contribution < 1.29 is 4.79 Å². The van der Waals surface area contributed by atoms with Crippen LogP contribution in [0.15, 0.2) is 17.2 Å². The second-order valence-corrected chi connectivity index (χ2v) is 4.22. The fraction of sp³-hybridized carbons (Fsp3) is 0.333. The van der Waals surface area contributed by atoms with Gasteiger partial charge < -0.3 is 15.3 Å². The number of nitrogens with zero attached hydrogens (tertiary/aromatic N) is 2. The third-order valence-corrected chi connectivity index (χ3v) is 2.80. The van der Waals surface area contributed by atoms with Crippen molar-refractivity contribution in [1.82, 2.24) is 25.3 Å². The molecule has 1 amide bonds. The van der Waals surface area contributed by atoms with E-state index >= 15 is 0 Å². The van der Waals surface area contributed by atoms with E-state index in [9.17, 15) is 9.59 Å². The zero-order valence-electron chi connectivity index (χ0n) is 10.8. The maximum atomic E-state index is 11.8. The monoisotopic (exact) mass is 261 g/mol. The number of carbonyl (C=O) groups is 1. The maximum absolute atomic E-state index is 11.8. The molecule has 0 saturated carbocycles. The number of amides is 1. The number of H-pyrrole nitrogens is 2. The zero-order chi connectivity index (χ0) is 13.8. The van der Waals surface area contributed by atoms with E-state index in [1.165, 1.54) is 0 Å². The Morgan fingerprint density at radius 2 is 2.21 bits per heavy atom. The van der Waals surface area contributed by atoms with Crippen molar-refractivity contribution in [1.29, 1.82) is 0 Å². The third kappa shape index (κ3) is 3.27. The summed E-state index contributed by atoms with van der Waals surface area (Å²) in [6.07, 6.45) is 3.51. The molecule has 0 radical (unpaired) electrons. The van der Waals surface area contributed by atoms with Gasteiger partial charge >= 0.3 is 5.69 Å². The number of carbonyl (C=O) groups excluding carboxylic acids is 1. The molecule has 0 unspecified atom stereocenters. The van der Waals surface area contributed by atoms with Crippen LogP contribution in [0.5, 0.6) is 0 Å². The molecule has 2 aromatic rings. The number of aryl methyl sites for hydroxylation is 2. The van der Waals surface area contributed by atoms with Crippen molar-refractivity contribution in [2.75, 3.05) is 0 Å². The molecule has 0 atom stereocenters. The molecular weight excluding hydrogens is 246 g/mol. The van der Waals surface area contributed by atoms with Gasteiger partial charge in [-0.1, -0.05) is 0 Å². The summed E-state index contributed by atoms with van der Waals surface area (Å²) in [6, 6.07) is 0. The van der Waals surface area contributed by atoms with E-state index in [0.717, 1.165) is 5.56 Å². The first-order chi connectivity index (χ1) is 9.06. The van der Waals surface area contributed by atoms with Gasteiger partial charge in [-0.2, -0.15) is 4.98 Å². The number of rotatable bonds is 4. The molecule has 100 valence electrons. The topological polar surface area (TPSA) is 104 Å². The van der Waals surface area contributed by atoms with Crippen LogP contribution in [0.3, 0.4) is 0 Å². The molecule has 2 rings (SSSR count). The van der Waals surface area contributed by atoms with Crippen LogP contribution < -0.4 is 11.0 Å². The molecule has 0 aliphatic heterocycles. The van der Waals surface area contributed by atoms with Crippen molar-refractivity contribution in [2.45, 2.75) is 26.8 Å². The van der Waals surface area contributed by atoms with E-state index in [1.807, 2.05) is 0 Å². The standard InChI is InChI=1S/C12H15N5O2/c1-7-9(8(2)17-12(19)16-7)5-11(18)15-6-10-13-3-4-14-10/h3-4H,5-6H2,1-2H3,(H,13,14)(H,15,18)(H,16,17,19). The lowest BCUT2D eigenvalue weighted by molar-refractivity contribution is -0.120. The molecule has 0 bridgehead atoms. The van der Waals surface area contributed by atoms with Crippen molar-refractivity contribution in [3.8, 4) is 0 Å². The molecule has 0 saturated heterocycles. The highest BCUT2D eigenvalue weighted by Gasteiger charge is 2.11. The fourth-order valence-electron chi connectivity index (χ4n) is 1.82. The Labute approximate surface area is 109 Å². The summed E-state index contributed by atoms with van der Waals surface area (Å²) in [6.45, 7) is 3.82. The minimum Gasteiger partial charge on any atom is -0.349 e. The quantitative estimate of drug-likeness (QED) is 0.718. The molecule has 0 aliphatic carbocycles. The molecule has 2 heterocycles. The van der Waals surface area contributed by atoms with Crippen LogP contribution in [0.4, 0.5) is 0 Å². The molecule has 0 aromatic carbocycles. The lowest BCUT2D eigenvalue weighted by atomic mass is 10.1. The van der Waals surface area contributed by atoms with Crippen molar-refractivity contribution in [3.63, 3.8) is 0 Å². The van der Waals surface area contributed by atoms with Gasteiger partial charge in [0.1, 0.15) is 5.82 Å². The average molecular weight is 261 g/mol. The van der Waals surface area contributed by atoms with E-state index in [4.69, 9.17) is 0 Å². The van der Waals surface area contributed by atoms with E-state index in [0.29, 0.717) is 23.8 Å². The van der Waals surface area contributed by atoms with E-state index in [2.05, 4.69) is 25.3 Å². The molecule has 0 fully saturated rings. The molecule has 3 N–H and O–H groups in total. The van der Waals surface area contributed by atoms with Crippen molar-refractivity contribution >= 4 is 5.91 Å². The number of nitrogens with one attached hydrogen (secondary N) is 3. The average Bonchev–Trinajstić information content (AvgIpc) is 2.84. The Morgan fingerprint density at radius 1 is 1.42 bits per heavy atom. The van der Waals surface area contributed by atoms with Crippen LogP contribution in [0.25, 0.3) is 0 Å². The molecule has 7 nitrogen and oxygen atoms in total. The Kier molecular flexibility index (Phi) is 3.74. The second kappa shape index (κ2) is 5.47.